The Morgan fingerprint density at radius 2 is 1.76 bits per heavy atom. The summed E-state index contributed by atoms with van der Waals surface area (Å²) in [5, 5.41) is 1.82. The maximum Gasteiger partial charge on any atom is 0.265 e. The van der Waals surface area contributed by atoms with Crippen molar-refractivity contribution in [2.24, 2.45) is 0 Å². The first kappa shape index (κ1) is 11.7. The van der Waals surface area contributed by atoms with E-state index in [0.29, 0.717) is 43.2 Å². The molecule has 1 aromatic carbocycles. The number of ether oxygens (including phenoxy) is 1. The number of morpholine rings is 1. The third kappa shape index (κ3) is 3.08. The van der Waals surface area contributed by atoms with Crippen LogP contribution in [0.1, 0.15) is 10.4 Å². The average Bonchev–Trinajstić information content (AvgIpc) is 2.29. The highest BCUT2D eigenvalue weighted by atomic mass is 16.5. The number of carbonyl (C=O) groups is 1. The average molecular weight is 236 g/mol. The van der Waals surface area contributed by atoms with E-state index in [1.165, 1.54) is 0 Å². The first-order valence-electron chi connectivity index (χ1n) is 5.45. The van der Waals surface area contributed by atoms with Gasteiger partial charge in [0.05, 0.1) is 13.2 Å². The predicted octanol–water partition coefficient (Wildman–Crippen LogP) is -0.172. The summed E-state index contributed by atoms with van der Waals surface area (Å²) >= 11 is 0. The third-order valence-corrected chi connectivity index (χ3v) is 2.51. The molecule has 0 aliphatic carbocycles. The topological polar surface area (TPSA) is 93.6 Å². The Labute approximate surface area is 99.5 Å². The van der Waals surface area contributed by atoms with Gasteiger partial charge in [-0.05, 0) is 18.2 Å². The van der Waals surface area contributed by atoms with Crippen LogP contribution in [-0.2, 0) is 4.74 Å². The van der Waals surface area contributed by atoms with Gasteiger partial charge in [0.25, 0.3) is 5.91 Å². The van der Waals surface area contributed by atoms with Crippen molar-refractivity contribution in [2.45, 2.75) is 0 Å². The molecule has 0 atom stereocenters. The number of nitrogen functional groups attached to an aromatic ring is 2. The molecule has 0 spiro atoms. The molecule has 1 aliphatic heterocycles. The third-order valence-electron chi connectivity index (χ3n) is 2.51. The Morgan fingerprint density at radius 1 is 1.18 bits per heavy atom. The molecule has 92 valence electrons. The number of nitrogens with two attached hydrogens (primary N) is 2. The second kappa shape index (κ2) is 5.03. The maximum absolute atomic E-state index is 11.9. The van der Waals surface area contributed by atoms with Gasteiger partial charge in [-0.3, -0.25) is 10.2 Å². The molecule has 17 heavy (non-hydrogen) atoms. The summed E-state index contributed by atoms with van der Waals surface area (Å²) in [6, 6.07) is 4.82. The SMILES string of the molecule is Nc1cc(N)cc(C(=O)NN2CCOCC2)c1. The first-order chi connectivity index (χ1) is 8.15. The molecule has 0 saturated carbocycles. The zero-order valence-electron chi connectivity index (χ0n) is 9.48. The summed E-state index contributed by atoms with van der Waals surface area (Å²) in [7, 11) is 0. The Bertz CT molecular complexity index is 396. The zero-order valence-corrected chi connectivity index (χ0v) is 9.48. The van der Waals surface area contributed by atoms with Crippen LogP contribution < -0.4 is 16.9 Å². The summed E-state index contributed by atoms with van der Waals surface area (Å²) in [4.78, 5) is 11.9. The van der Waals surface area contributed by atoms with Crippen LogP contribution in [0.15, 0.2) is 18.2 Å². The van der Waals surface area contributed by atoms with E-state index in [0.717, 1.165) is 0 Å². The monoisotopic (exact) mass is 236 g/mol. The fourth-order valence-corrected chi connectivity index (χ4v) is 1.69. The number of anilines is 2. The number of hydrazine groups is 1. The van der Waals surface area contributed by atoms with Crippen LogP contribution in [0.4, 0.5) is 11.4 Å². The molecule has 1 amide bonds. The summed E-state index contributed by atoms with van der Waals surface area (Å²) in [5.41, 5.74) is 15.5. The van der Waals surface area contributed by atoms with E-state index in [9.17, 15) is 4.79 Å². The lowest BCUT2D eigenvalue weighted by Crippen LogP contribution is -2.48. The summed E-state index contributed by atoms with van der Waals surface area (Å²) < 4.78 is 5.19. The minimum atomic E-state index is -0.203. The molecule has 0 radical (unpaired) electrons. The van der Waals surface area contributed by atoms with Crippen molar-refractivity contribution < 1.29 is 9.53 Å². The van der Waals surface area contributed by atoms with Gasteiger partial charge < -0.3 is 16.2 Å². The number of hydrogen-bond donors (Lipinski definition) is 3. The number of nitrogens with zero attached hydrogens (tertiary/aromatic N) is 1. The smallest absolute Gasteiger partial charge is 0.265 e. The number of carbonyl (C=O) groups excluding carboxylic acids is 1. The van der Waals surface area contributed by atoms with Crippen LogP contribution in [0.5, 0.6) is 0 Å². The lowest BCUT2D eigenvalue weighted by Gasteiger charge is -2.26. The van der Waals surface area contributed by atoms with E-state index in [2.05, 4.69) is 5.43 Å². The van der Waals surface area contributed by atoms with Gasteiger partial charge in [0.1, 0.15) is 0 Å². The second-order valence-corrected chi connectivity index (χ2v) is 3.93. The standard InChI is InChI=1S/C11H16N4O2/c12-9-5-8(6-10(13)7-9)11(16)14-15-1-3-17-4-2-15/h5-7H,1-4,12-13H2,(H,14,16). The van der Waals surface area contributed by atoms with Crippen LogP contribution in [0.2, 0.25) is 0 Å². The molecule has 2 rings (SSSR count). The molecule has 0 bridgehead atoms. The van der Waals surface area contributed by atoms with Crippen LogP contribution in [0.25, 0.3) is 0 Å². The molecule has 1 fully saturated rings. The van der Waals surface area contributed by atoms with Crippen molar-refractivity contribution in [3.05, 3.63) is 23.8 Å². The van der Waals surface area contributed by atoms with Crippen molar-refractivity contribution in [1.82, 2.24) is 10.4 Å². The number of hydrogen-bond acceptors (Lipinski definition) is 5. The van der Waals surface area contributed by atoms with Crippen LogP contribution >= 0.6 is 0 Å². The number of amides is 1. The molecule has 1 heterocycles. The molecule has 6 nitrogen and oxygen atoms in total. The Hall–Kier alpha value is -1.79. The summed E-state index contributed by atoms with van der Waals surface area (Å²) in [5.74, 6) is -0.203. The van der Waals surface area contributed by atoms with Gasteiger partial charge in [-0.25, -0.2) is 5.01 Å². The minimum Gasteiger partial charge on any atom is -0.399 e. The highest BCUT2D eigenvalue weighted by molar-refractivity contribution is 5.95. The predicted molar refractivity (Wildman–Crippen MR) is 65.1 cm³/mol. The van der Waals surface area contributed by atoms with Crippen molar-refractivity contribution in [3.8, 4) is 0 Å². The van der Waals surface area contributed by atoms with Gasteiger partial charge in [-0.15, -0.1) is 0 Å². The van der Waals surface area contributed by atoms with Gasteiger partial charge in [0.15, 0.2) is 0 Å². The van der Waals surface area contributed by atoms with Gasteiger partial charge in [0, 0.05) is 30.0 Å². The molecule has 1 saturated heterocycles. The largest absolute Gasteiger partial charge is 0.399 e. The second-order valence-electron chi connectivity index (χ2n) is 3.93. The molecule has 6 heteroatoms. The van der Waals surface area contributed by atoms with Gasteiger partial charge in [-0.1, -0.05) is 0 Å². The van der Waals surface area contributed by atoms with Crippen molar-refractivity contribution in [1.29, 1.82) is 0 Å². The molecule has 0 unspecified atom stereocenters. The maximum atomic E-state index is 11.9. The highest BCUT2D eigenvalue weighted by Crippen LogP contribution is 2.13. The van der Waals surface area contributed by atoms with Crippen molar-refractivity contribution in [3.63, 3.8) is 0 Å². The van der Waals surface area contributed by atoms with Gasteiger partial charge in [-0.2, -0.15) is 0 Å². The quantitative estimate of drug-likeness (QED) is 0.620. The fraction of sp³-hybridized carbons (Fsp3) is 0.364. The van der Waals surface area contributed by atoms with Gasteiger partial charge >= 0.3 is 0 Å². The first-order valence-corrected chi connectivity index (χ1v) is 5.45. The van der Waals surface area contributed by atoms with E-state index >= 15 is 0 Å². The van der Waals surface area contributed by atoms with Crippen molar-refractivity contribution in [2.75, 3.05) is 37.8 Å². The summed E-state index contributed by atoms with van der Waals surface area (Å²) in [6.07, 6.45) is 0. The van der Waals surface area contributed by atoms with Crippen molar-refractivity contribution >= 4 is 17.3 Å². The molecular formula is C11H16N4O2. The van der Waals surface area contributed by atoms with Crippen LogP contribution in [-0.4, -0.2) is 37.2 Å². The lowest BCUT2D eigenvalue weighted by molar-refractivity contribution is 0.0126. The van der Waals surface area contributed by atoms with Crippen LogP contribution in [0.3, 0.4) is 0 Å². The van der Waals surface area contributed by atoms with Crippen LogP contribution in [0, 0.1) is 0 Å². The highest BCUT2D eigenvalue weighted by Gasteiger charge is 2.14. The van der Waals surface area contributed by atoms with Gasteiger partial charge in [0.2, 0.25) is 0 Å². The fourth-order valence-electron chi connectivity index (χ4n) is 1.69. The lowest BCUT2D eigenvalue weighted by atomic mass is 10.1. The van der Waals surface area contributed by atoms with E-state index in [4.69, 9.17) is 16.2 Å². The van der Waals surface area contributed by atoms with E-state index in [-0.39, 0.29) is 5.91 Å². The Balaban J connectivity index is 2.03. The molecule has 1 aromatic rings. The number of nitrogens with one attached hydrogen (secondary N) is 1. The van der Waals surface area contributed by atoms with E-state index in [1.54, 1.807) is 18.2 Å². The van der Waals surface area contributed by atoms with E-state index in [1.807, 2.05) is 5.01 Å². The zero-order chi connectivity index (χ0) is 12.3. The summed E-state index contributed by atoms with van der Waals surface area (Å²) in [6.45, 7) is 2.62. The Kier molecular flexibility index (Phi) is 3.46. The minimum absolute atomic E-state index is 0.203. The molecule has 5 N–H and O–H groups in total. The number of rotatable bonds is 2. The molecule has 1 aliphatic rings. The normalized spacial score (nSPS) is 16.7. The number of benzene rings is 1. The molecule has 0 aromatic heterocycles. The Morgan fingerprint density at radius 3 is 2.35 bits per heavy atom. The van der Waals surface area contributed by atoms with E-state index < -0.39 is 0 Å². The molecular weight excluding hydrogens is 220 g/mol.